The Morgan fingerprint density at radius 2 is 1.88 bits per heavy atom. The van der Waals surface area contributed by atoms with E-state index < -0.39 is 5.97 Å². The highest BCUT2D eigenvalue weighted by Gasteiger charge is 2.24. The predicted molar refractivity (Wildman–Crippen MR) is 134 cm³/mol. The normalized spacial score (nSPS) is 17.0. The van der Waals surface area contributed by atoms with E-state index in [4.69, 9.17) is 4.74 Å². The number of nitrogens with zero attached hydrogens (tertiary/aromatic N) is 1. The van der Waals surface area contributed by atoms with Crippen LogP contribution in [0.1, 0.15) is 52.6 Å². The molecule has 1 N–H and O–H groups in total. The maximum atomic E-state index is 11.8. The molecule has 0 fully saturated rings. The number of carbonyl (C=O) groups is 1. The number of benzene rings is 3. The summed E-state index contributed by atoms with van der Waals surface area (Å²) in [5, 5.41) is 9.66. The van der Waals surface area contributed by atoms with Crippen molar-refractivity contribution in [2.24, 2.45) is 0 Å². The van der Waals surface area contributed by atoms with Crippen LogP contribution in [0.4, 0.5) is 0 Å². The van der Waals surface area contributed by atoms with Crippen LogP contribution >= 0.6 is 11.9 Å². The van der Waals surface area contributed by atoms with Gasteiger partial charge >= 0.3 is 5.97 Å². The largest absolute Gasteiger partial charge is 0.488 e. The number of aliphatic carboxylic acids is 1. The van der Waals surface area contributed by atoms with Gasteiger partial charge in [-0.25, -0.2) is 4.31 Å². The van der Waals surface area contributed by atoms with Crippen molar-refractivity contribution in [3.05, 3.63) is 94.0 Å². The van der Waals surface area contributed by atoms with Crippen molar-refractivity contribution in [2.45, 2.75) is 57.6 Å². The van der Waals surface area contributed by atoms with Crippen molar-refractivity contribution in [3.63, 3.8) is 0 Å². The number of hydrogen-bond acceptors (Lipinski definition) is 4. The van der Waals surface area contributed by atoms with Gasteiger partial charge in [-0.2, -0.15) is 0 Å². The molecule has 2 unspecified atom stereocenters. The van der Waals surface area contributed by atoms with Crippen LogP contribution in [0.2, 0.25) is 0 Å². The molecule has 4 nitrogen and oxygen atoms in total. The van der Waals surface area contributed by atoms with Crippen LogP contribution in [0.15, 0.2) is 65.6 Å². The minimum atomic E-state index is -0.784. The van der Waals surface area contributed by atoms with E-state index in [1.807, 2.05) is 18.2 Å². The Labute approximate surface area is 200 Å². The van der Waals surface area contributed by atoms with Gasteiger partial charge in [0.05, 0.1) is 11.3 Å². The Morgan fingerprint density at radius 1 is 1.09 bits per heavy atom. The van der Waals surface area contributed by atoms with Crippen LogP contribution in [-0.2, 0) is 11.3 Å². The van der Waals surface area contributed by atoms with Crippen molar-refractivity contribution in [2.75, 3.05) is 6.54 Å². The molecule has 0 amide bonds. The summed E-state index contributed by atoms with van der Waals surface area (Å²) in [7, 11) is 0. The number of ether oxygens (including phenoxy) is 1. The van der Waals surface area contributed by atoms with Crippen molar-refractivity contribution < 1.29 is 14.6 Å². The molecule has 1 aliphatic heterocycles. The van der Waals surface area contributed by atoms with Crippen molar-refractivity contribution >= 4 is 17.9 Å². The van der Waals surface area contributed by atoms with Crippen LogP contribution in [-0.4, -0.2) is 28.0 Å². The summed E-state index contributed by atoms with van der Waals surface area (Å²) in [6, 6.07) is 20.9. The second-order valence-electron chi connectivity index (χ2n) is 8.99. The van der Waals surface area contributed by atoms with Crippen molar-refractivity contribution in [1.82, 2.24) is 4.31 Å². The molecule has 0 saturated carbocycles. The highest BCUT2D eigenvalue weighted by Crippen LogP contribution is 2.37. The zero-order valence-electron chi connectivity index (χ0n) is 19.7. The number of fused-ring (bicyclic) bond motifs is 1. The Hall–Kier alpha value is -2.76. The molecular formula is C28H31NO3S. The van der Waals surface area contributed by atoms with E-state index in [-0.39, 0.29) is 18.4 Å². The number of aryl methyl sites for hydroxylation is 3. The lowest BCUT2D eigenvalue weighted by atomic mass is 9.84. The van der Waals surface area contributed by atoms with Crippen LogP contribution < -0.4 is 4.74 Å². The first-order valence-corrected chi connectivity index (χ1v) is 12.1. The van der Waals surface area contributed by atoms with Crippen LogP contribution in [0.5, 0.6) is 5.75 Å². The molecule has 3 aromatic rings. The molecule has 5 heteroatoms. The fourth-order valence-electron chi connectivity index (χ4n) is 4.50. The zero-order chi connectivity index (χ0) is 23.5. The molecule has 0 saturated heterocycles. The number of rotatable bonds is 6. The SMILES string of the molecule is Cc1ccc(C(CC(=O)O)c2ccc(C)c(CN3CC(C)Oc4ccccc4S3)c2)c(C)c1. The summed E-state index contributed by atoms with van der Waals surface area (Å²) < 4.78 is 8.45. The summed E-state index contributed by atoms with van der Waals surface area (Å²) in [6.45, 7) is 9.92. The number of para-hydroxylation sites is 1. The summed E-state index contributed by atoms with van der Waals surface area (Å²) in [4.78, 5) is 12.9. The van der Waals surface area contributed by atoms with Gasteiger partial charge in [0.1, 0.15) is 11.9 Å². The summed E-state index contributed by atoms with van der Waals surface area (Å²) in [5.74, 6) is -0.0330. The molecule has 0 radical (unpaired) electrons. The van der Waals surface area contributed by atoms with Gasteiger partial charge in [0.2, 0.25) is 0 Å². The monoisotopic (exact) mass is 461 g/mol. The molecule has 1 aliphatic rings. The van der Waals surface area contributed by atoms with Crippen LogP contribution in [0.25, 0.3) is 0 Å². The Morgan fingerprint density at radius 3 is 2.64 bits per heavy atom. The maximum absolute atomic E-state index is 11.8. The molecule has 1 heterocycles. The molecule has 4 rings (SSSR count). The summed E-state index contributed by atoms with van der Waals surface area (Å²) >= 11 is 1.72. The molecular weight excluding hydrogens is 430 g/mol. The van der Waals surface area contributed by atoms with E-state index in [0.717, 1.165) is 40.4 Å². The highest BCUT2D eigenvalue weighted by atomic mass is 32.2. The fraction of sp³-hybridized carbons (Fsp3) is 0.321. The van der Waals surface area contributed by atoms with Crippen molar-refractivity contribution in [3.8, 4) is 5.75 Å². The van der Waals surface area contributed by atoms with Crippen molar-refractivity contribution in [1.29, 1.82) is 0 Å². The molecule has 0 aromatic heterocycles. The minimum absolute atomic E-state index is 0.0725. The zero-order valence-corrected chi connectivity index (χ0v) is 20.5. The van der Waals surface area contributed by atoms with E-state index in [2.05, 4.69) is 74.5 Å². The topological polar surface area (TPSA) is 49.8 Å². The number of carboxylic acid groups (broad SMARTS) is 1. The van der Waals surface area contributed by atoms with E-state index in [1.54, 1.807) is 11.9 Å². The predicted octanol–water partition coefficient (Wildman–Crippen LogP) is 6.51. The molecule has 33 heavy (non-hydrogen) atoms. The van der Waals surface area contributed by atoms with Gasteiger partial charge in [-0.05, 0) is 79.6 Å². The van der Waals surface area contributed by atoms with Crippen LogP contribution in [0, 0.1) is 20.8 Å². The molecule has 0 spiro atoms. The second kappa shape index (κ2) is 10.0. The first-order valence-electron chi connectivity index (χ1n) is 11.4. The fourth-order valence-corrected chi connectivity index (χ4v) is 5.62. The minimum Gasteiger partial charge on any atom is -0.488 e. The van der Waals surface area contributed by atoms with Gasteiger partial charge in [-0.3, -0.25) is 4.79 Å². The third-order valence-electron chi connectivity index (χ3n) is 6.17. The molecule has 0 bridgehead atoms. The average Bonchev–Trinajstić information content (AvgIpc) is 2.91. The molecule has 0 aliphatic carbocycles. The van der Waals surface area contributed by atoms with E-state index in [9.17, 15) is 9.90 Å². The third-order valence-corrected chi connectivity index (χ3v) is 7.24. The summed E-state index contributed by atoms with van der Waals surface area (Å²) in [6.07, 6.45) is 0.156. The van der Waals surface area contributed by atoms with E-state index >= 15 is 0 Å². The van der Waals surface area contributed by atoms with Gasteiger partial charge < -0.3 is 9.84 Å². The van der Waals surface area contributed by atoms with Gasteiger partial charge in [0.25, 0.3) is 0 Å². The van der Waals surface area contributed by atoms with E-state index in [1.165, 1.54) is 16.7 Å². The standard InChI is InChI=1S/C28H31NO3S/c1-18-9-12-24(20(3)13-18)25(15-28(30)31)22-11-10-19(2)23(14-22)17-29-16-21(4)32-26-7-5-6-8-27(26)33-29/h5-14,21,25H,15-17H2,1-4H3,(H,30,31). The first kappa shape index (κ1) is 23.4. The lowest BCUT2D eigenvalue weighted by Crippen LogP contribution is -2.27. The number of hydrogen-bond donors (Lipinski definition) is 1. The smallest absolute Gasteiger partial charge is 0.304 e. The van der Waals surface area contributed by atoms with E-state index in [0.29, 0.717) is 0 Å². The lowest BCUT2D eigenvalue weighted by molar-refractivity contribution is -0.137. The Bertz CT molecular complexity index is 1160. The van der Waals surface area contributed by atoms with Gasteiger partial charge in [0.15, 0.2) is 0 Å². The second-order valence-corrected chi connectivity index (χ2v) is 10.1. The Kier molecular flexibility index (Phi) is 7.11. The summed E-state index contributed by atoms with van der Waals surface area (Å²) in [5.41, 5.74) is 6.87. The third kappa shape index (κ3) is 5.60. The molecule has 3 aromatic carbocycles. The van der Waals surface area contributed by atoms with Gasteiger partial charge in [0, 0.05) is 19.0 Å². The van der Waals surface area contributed by atoms with Gasteiger partial charge in [-0.1, -0.05) is 54.1 Å². The van der Waals surface area contributed by atoms with Crippen LogP contribution in [0.3, 0.4) is 0 Å². The quantitative estimate of drug-likeness (QED) is 0.424. The average molecular weight is 462 g/mol. The lowest BCUT2D eigenvalue weighted by Gasteiger charge is -2.24. The Balaban J connectivity index is 1.65. The first-order chi connectivity index (χ1) is 15.8. The highest BCUT2D eigenvalue weighted by molar-refractivity contribution is 7.97. The van der Waals surface area contributed by atoms with Gasteiger partial charge in [-0.15, -0.1) is 0 Å². The molecule has 172 valence electrons. The number of carboxylic acids is 1. The maximum Gasteiger partial charge on any atom is 0.304 e. The molecule has 2 atom stereocenters.